The third-order valence-electron chi connectivity index (χ3n) is 4.92. The van der Waals surface area contributed by atoms with Crippen molar-refractivity contribution in [2.75, 3.05) is 12.4 Å². The lowest BCUT2D eigenvalue weighted by atomic mass is 10.2. The molecule has 1 aliphatic heterocycles. The normalized spacial score (nSPS) is 17.0. The lowest BCUT2D eigenvalue weighted by Crippen LogP contribution is -2.17. The van der Waals surface area contributed by atoms with E-state index in [4.69, 9.17) is 4.74 Å². The highest BCUT2D eigenvalue weighted by atomic mass is 32.2. The Labute approximate surface area is 159 Å². The number of nitrogens with zero attached hydrogens (tertiary/aromatic N) is 3. The van der Waals surface area contributed by atoms with Crippen LogP contribution in [0, 0.1) is 13.8 Å². The molecule has 0 radical (unpaired) electrons. The summed E-state index contributed by atoms with van der Waals surface area (Å²) in [5.74, 6) is 0.214. The Morgan fingerprint density at radius 2 is 2.30 bits per heavy atom. The molecule has 1 fully saturated rings. The number of ketones is 1. The van der Waals surface area contributed by atoms with Crippen LogP contribution in [0.1, 0.15) is 34.6 Å². The molecule has 142 valence electrons. The highest BCUT2D eigenvalue weighted by molar-refractivity contribution is 7.99. The highest BCUT2D eigenvalue weighted by Gasteiger charge is 2.21. The van der Waals surface area contributed by atoms with Gasteiger partial charge in [-0.2, -0.15) is 5.10 Å². The number of H-pyrrole nitrogens is 2. The van der Waals surface area contributed by atoms with Gasteiger partial charge in [-0.15, -0.1) is 0 Å². The molecule has 1 atom stereocenters. The Morgan fingerprint density at radius 3 is 3.07 bits per heavy atom. The number of carbonyl (C=O) groups excluding carboxylic acids is 1. The smallest absolute Gasteiger partial charge is 0.262 e. The average molecular weight is 387 g/mol. The van der Waals surface area contributed by atoms with Crippen molar-refractivity contribution in [3.8, 4) is 0 Å². The molecule has 3 aromatic heterocycles. The molecule has 0 amide bonds. The number of rotatable bonds is 6. The zero-order valence-corrected chi connectivity index (χ0v) is 16.1. The Balaban J connectivity index is 1.48. The monoisotopic (exact) mass is 387 g/mol. The quantitative estimate of drug-likeness (QED) is 0.382. The van der Waals surface area contributed by atoms with E-state index in [1.807, 2.05) is 19.9 Å². The maximum atomic E-state index is 12.7. The van der Waals surface area contributed by atoms with Crippen LogP contribution in [-0.4, -0.2) is 49.0 Å². The van der Waals surface area contributed by atoms with Crippen LogP contribution in [-0.2, 0) is 11.3 Å². The van der Waals surface area contributed by atoms with E-state index in [1.165, 1.54) is 18.0 Å². The van der Waals surface area contributed by atoms with E-state index in [2.05, 4.69) is 24.7 Å². The minimum Gasteiger partial charge on any atom is -0.376 e. The molecule has 0 unspecified atom stereocenters. The van der Waals surface area contributed by atoms with Crippen LogP contribution < -0.4 is 5.56 Å². The summed E-state index contributed by atoms with van der Waals surface area (Å²) in [4.78, 5) is 31.7. The molecule has 0 saturated carbocycles. The fourth-order valence-electron chi connectivity index (χ4n) is 3.46. The van der Waals surface area contributed by atoms with Crippen LogP contribution in [0.5, 0.6) is 0 Å². The standard InChI is InChI=1S/C18H21N5O3S/c1-10-6-13(11(2)23(10)8-12-4-3-5-26-12)15(24)9-27-18-20-16-14(7-19-22-16)17(25)21-18/h6-7,12H,3-5,8-9H2,1-2H3,(H2,19,20,21,22,25)/t12-/m1/s1. The number of thioether (sulfide) groups is 1. The SMILES string of the molecule is Cc1cc(C(=O)CSc2nc3[nH]ncc3c(=O)[nH]2)c(C)n1C[C@H]1CCCO1. The van der Waals surface area contributed by atoms with Gasteiger partial charge in [0.25, 0.3) is 5.56 Å². The molecular formula is C18H21N5O3S. The van der Waals surface area contributed by atoms with Gasteiger partial charge < -0.3 is 14.3 Å². The van der Waals surface area contributed by atoms with E-state index < -0.39 is 0 Å². The predicted molar refractivity (Wildman–Crippen MR) is 102 cm³/mol. The van der Waals surface area contributed by atoms with Crippen molar-refractivity contribution in [3.05, 3.63) is 39.6 Å². The molecule has 9 heteroatoms. The topological polar surface area (TPSA) is 106 Å². The van der Waals surface area contributed by atoms with Crippen molar-refractivity contribution < 1.29 is 9.53 Å². The lowest BCUT2D eigenvalue weighted by molar-refractivity contribution is 0.0957. The summed E-state index contributed by atoms with van der Waals surface area (Å²) in [5.41, 5.74) is 2.88. The summed E-state index contributed by atoms with van der Waals surface area (Å²) < 4.78 is 7.88. The van der Waals surface area contributed by atoms with Gasteiger partial charge in [0, 0.05) is 30.1 Å². The predicted octanol–water partition coefficient (Wildman–Crippen LogP) is 2.22. The molecule has 1 saturated heterocycles. The first kappa shape index (κ1) is 18.0. The number of aryl methyl sites for hydroxylation is 1. The van der Waals surface area contributed by atoms with Crippen molar-refractivity contribution in [1.82, 2.24) is 24.7 Å². The molecule has 8 nitrogen and oxygen atoms in total. The third kappa shape index (κ3) is 3.57. The zero-order chi connectivity index (χ0) is 19.0. The van der Waals surface area contributed by atoms with Crippen LogP contribution in [0.25, 0.3) is 11.0 Å². The Bertz CT molecular complexity index is 1050. The van der Waals surface area contributed by atoms with E-state index in [-0.39, 0.29) is 23.2 Å². The van der Waals surface area contributed by atoms with Gasteiger partial charge in [-0.05, 0) is 32.8 Å². The van der Waals surface area contributed by atoms with Crippen LogP contribution in [0.3, 0.4) is 0 Å². The second kappa shape index (κ2) is 7.32. The maximum Gasteiger partial charge on any atom is 0.262 e. The van der Waals surface area contributed by atoms with Crippen molar-refractivity contribution in [2.24, 2.45) is 0 Å². The van der Waals surface area contributed by atoms with Gasteiger partial charge in [0.1, 0.15) is 5.39 Å². The summed E-state index contributed by atoms with van der Waals surface area (Å²) in [5, 5.41) is 7.30. The van der Waals surface area contributed by atoms with E-state index in [0.29, 0.717) is 21.8 Å². The molecule has 0 spiro atoms. The number of hydrogen-bond donors (Lipinski definition) is 2. The minimum absolute atomic E-state index is 0.0130. The fourth-order valence-corrected chi connectivity index (χ4v) is 4.21. The first-order chi connectivity index (χ1) is 13.0. The molecule has 0 aromatic carbocycles. The number of aromatic amines is 2. The lowest BCUT2D eigenvalue weighted by Gasteiger charge is -2.14. The second-order valence-electron chi connectivity index (χ2n) is 6.75. The van der Waals surface area contributed by atoms with Crippen LogP contribution in [0.2, 0.25) is 0 Å². The van der Waals surface area contributed by atoms with Crippen LogP contribution in [0.4, 0.5) is 0 Å². The zero-order valence-electron chi connectivity index (χ0n) is 15.2. The Hall–Kier alpha value is -2.39. The number of carbonyl (C=O) groups is 1. The molecule has 27 heavy (non-hydrogen) atoms. The molecule has 4 rings (SSSR count). The number of hydrogen-bond acceptors (Lipinski definition) is 6. The van der Waals surface area contributed by atoms with E-state index in [1.54, 1.807) is 0 Å². The summed E-state index contributed by atoms with van der Waals surface area (Å²) in [6.45, 7) is 5.58. The van der Waals surface area contributed by atoms with Crippen molar-refractivity contribution >= 4 is 28.6 Å². The summed E-state index contributed by atoms with van der Waals surface area (Å²) >= 11 is 1.21. The molecule has 2 N–H and O–H groups in total. The summed E-state index contributed by atoms with van der Waals surface area (Å²) in [6, 6.07) is 1.93. The van der Waals surface area contributed by atoms with Gasteiger partial charge in [0.05, 0.1) is 18.1 Å². The average Bonchev–Trinajstić information content (AvgIpc) is 3.37. The van der Waals surface area contributed by atoms with Crippen molar-refractivity contribution in [2.45, 2.75) is 44.5 Å². The van der Waals surface area contributed by atoms with Crippen molar-refractivity contribution in [1.29, 1.82) is 0 Å². The Kier molecular flexibility index (Phi) is 4.88. The summed E-state index contributed by atoms with van der Waals surface area (Å²) in [6.07, 6.45) is 3.82. The number of fused-ring (bicyclic) bond motifs is 1. The van der Waals surface area contributed by atoms with Crippen LogP contribution in [0.15, 0.2) is 22.2 Å². The maximum absolute atomic E-state index is 12.7. The number of ether oxygens (including phenoxy) is 1. The van der Waals surface area contributed by atoms with Gasteiger partial charge in [-0.3, -0.25) is 14.7 Å². The number of nitrogens with one attached hydrogen (secondary N) is 2. The second-order valence-corrected chi connectivity index (χ2v) is 7.71. The van der Waals surface area contributed by atoms with Gasteiger partial charge in [-0.1, -0.05) is 11.8 Å². The van der Waals surface area contributed by atoms with E-state index in [9.17, 15) is 9.59 Å². The van der Waals surface area contributed by atoms with E-state index >= 15 is 0 Å². The molecule has 4 heterocycles. The largest absolute Gasteiger partial charge is 0.376 e. The molecule has 0 aliphatic carbocycles. The van der Waals surface area contributed by atoms with Gasteiger partial charge in [0.2, 0.25) is 0 Å². The number of aromatic nitrogens is 5. The number of Topliss-reactive ketones (excluding diaryl/α,β-unsaturated/α-hetero) is 1. The highest BCUT2D eigenvalue weighted by Crippen LogP contribution is 2.22. The Morgan fingerprint density at radius 1 is 1.44 bits per heavy atom. The third-order valence-corrected chi connectivity index (χ3v) is 5.80. The summed E-state index contributed by atoms with van der Waals surface area (Å²) in [7, 11) is 0. The van der Waals surface area contributed by atoms with Crippen molar-refractivity contribution in [3.63, 3.8) is 0 Å². The fraction of sp³-hybridized carbons (Fsp3) is 0.444. The van der Waals surface area contributed by atoms with Gasteiger partial charge >= 0.3 is 0 Å². The van der Waals surface area contributed by atoms with Gasteiger partial charge in [-0.25, -0.2) is 4.98 Å². The van der Waals surface area contributed by atoms with Gasteiger partial charge in [0.15, 0.2) is 16.6 Å². The molecule has 3 aromatic rings. The first-order valence-electron chi connectivity index (χ1n) is 8.90. The molecule has 1 aliphatic rings. The minimum atomic E-state index is -0.265. The molecular weight excluding hydrogens is 366 g/mol. The molecule has 0 bridgehead atoms. The van der Waals surface area contributed by atoms with E-state index in [0.717, 1.165) is 37.4 Å². The van der Waals surface area contributed by atoms with Crippen LogP contribution >= 0.6 is 11.8 Å². The first-order valence-corrected chi connectivity index (χ1v) is 9.89.